The molecule has 61 heavy (non-hydrogen) atoms. The highest BCUT2D eigenvalue weighted by Gasteiger charge is 2.49. The smallest absolute Gasteiger partial charge is 0.257 e. The molecule has 0 amide bonds. The summed E-state index contributed by atoms with van der Waals surface area (Å²) in [5.41, 5.74) is 22.0. The number of fused-ring (bicyclic) bond motifs is 8. The van der Waals surface area contributed by atoms with E-state index in [0.29, 0.717) is 0 Å². The summed E-state index contributed by atoms with van der Waals surface area (Å²) in [5, 5.41) is 5.00. The maximum absolute atomic E-state index is 7.65. The molecule has 16 rings (SSSR count). The Morgan fingerprint density at radius 1 is 0.328 bits per heavy atom. The third kappa shape index (κ3) is 3.55. The second-order valence-electron chi connectivity index (χ2n) is 17.2. The van der Waals surface area contributed by atoms with Gasteiger partial charge in [-0.1, -0.05) is 91.0 Å². The summed E-state index contributed by atoms with van der Waals surface area (Å²) in [6.45, 7) is -0.159. The van der Waals surface area contributed by atoms with Crippen molar-refractivity contribution in [3.63, 3.8) is 0 Å². The number of ether oxygens (including phenoxy) is 1. The van der Waals surface area contributed by atoms with Crippen LogP contribution in [0.25, 0.3) is 55.0 Å². The van der Waals surface area contributed by atoms with Crippen molar-refractivity contribution in [1.82, 2.24) is 9.13 Å². The van der Waals surface area contributed by atoms with Crippen molar-refractivity contribution >= 4 is 124 Å². The highest BCUT2D eigenvalue weighted by atomic mass is 16.5. The van der Waals surface area contributed by atoms with E-state index < -0.39 is 0 Å². The molecule has 7 heteroatoms. The van der Waals surface area contributed by atoms with Crippen LogP contribution >= 0.6 is 0 Å². The zero-order valence-electron chi connectivity index (χ0n) is 32.7. The molecule has 0 unspecified atom stereocenters. The molecule has 0 aliphatic carbocycles. The van der Waals surface area contributed by atoms with Gasteiger partial charge in [0, 0.05) is 67.0 Å². The first-order valence-electron chi connectivity index (χ1n) is 21.3. The Labute approximate surface area is 351 Å². The Hall–Kier alpha value is -7.89. The molecule has 5 aliphatic rings. The minimum Gasteiger partial charge on any atom is -0.458 e. The van der Waals surface area contributed by atoms with Crippen LogP contribution in [0, 0.1) is 0 Å². The van der Waals surface area contributed by atoms with Gasteiger partial charge in [-0.3, -0.25) is 0 Å². The largest absolute Gasteiger partial charge is 0.458 e. The quantitative estimate of drug-likeness (QED) is 0.164. The summed E-state index contributed by atoms with van der Waals surface area (Å²) in [5.74, 6) is 1.82. The molecule has 11 aromatic rings. The number of hydrogen-bond donors (Lipinski definition) is 0. The first-order chi connectivity index (χ1) is 30.3. The summed E-state index contributed by atoms with van der Waals surface area (Å²) in [7, 11) is 0. The summed E-state index contributed by atoms with van der Waals surface area (Å²) < 4.78 is 12.7. The van der Waals surface area contributed by atoms with Gasteiger partial charge < -0.3 is 23.7 Å². The fourth-order valence-corrected chi connectivity index (χ4v) is 12.3. The van der Waals surface area contributed by atoms with Crippen molar-refractivity contribution < 1.29 is 4.74 Å². The monoisotopic (exact) mass is 772 g/mol. The van der Waals surface area contributed by atoms with Crippen molar-refractivity contribution in [2.45, 2.75) is 0 Å². The molecule has 2 bridgehead atoms. The lowest BCUT2D eigenvalue weighted by Crippen LogP contribution is -2.65. The predicted octanol–water partition coefficient (Wildman–Crippen LogP) is 9.21. The van der Waals surface area contributed by atoms with Gasteiger partial charge in [-0.25, -0.2) is 0 Å². The van der Waals surface area contributed by atoms with Crippen molar-refractivity contribution in [3.05, 3.63) is 182 Å². The summed E-state index contributed by atoms with van der Waals surface area (Å²) >= 11 is 0. The van der Waals surface area contributed by atoms with Crippen molar-refractivity contribution in [1.29, 1.82) is 0 Å². The van der Waals surface area contributed by atoms with E-state index in [1.165, 1.54) is 111 Å². The van der Waals surface area contributed by atoms with Crippen molar-refractivity contribution in [2.24, 2.45) is 0 Å². The normalized spacial score (nSPS) is 14.2. The molecule has 0 N–H and O–H groups in total. The van der Waals surface area contributed by atoms with Gasteiger partial charge in [-0.15, -0.1) is 0 Å². The summed E-state index contributed by atoms with van der Waals surface area (Å²) in [6.07, 6.45) is 0. The van der Waals surface area contributed by atoms with Crippen LogP contribution in [0.5, 0.6) is 11.5 Å². The van der Waals surface area contributed by atoms with Gasteiger partial charge in [0.2, 0.25) is 0 Å². The molecule has 0 radical (unpaired) electrons. The molecule has 0 spiro atoms. The molecule has 0 saturated heterocycles. The van der Waals surface area contributed by atoms with Gasteiger partial charge in [0.25, 0.3) is 13.4 Å². The third-order valence-corrected chi connectivity index (χ3v) is 14.4. The Bertz CT molecular complexity index is 3590. The Kier molecular flexibility index (Phi) is 5.42. The molecule has 0 saturated carbocycles. The molecule has 7 heterocycles. The summed E-state index contributed by atoms with van der Waals surface area (Å²) in [6, 6.07) is 67.7. The van der Waals surface area contributed by atoms with E-state index in [2.05, 4.69) is 201 Å². The average Bonchev–Trinajstić information content (AvgIpc) is 3.84. The van der Waals surface area contributed by atoms with Gasteiger partial charge in [-0.2, -0.15) is 0 Å². The lowest BCUT2D eigenvalue weighted by molar-refractivity contribution is 0.491. The fourth-order valence-electron chi connectivity index (χ4n) is 12.3. The number of para-hydroxylation sites is 4. The lowest BCUT2D eigenvalue weighted by atomic mass is 9.30. The van der Waals surface area contributed by atoms with Crippen LogP contribution in [0.2, 0.25) is 0 Å². The maximum atomic E-state index is 7.65. The van der Waals surface area contributed by atoms with Crippen LogP contribution < -0.4 is 47.3 Å². The fraction of sp³-hybridized carbons (Fsp3) is 0. The van der Waals surface area contributed by atoms with Crippen LogP contribution in [-0.4, -0.2) is 22.6 Å². The molecule has 9 aromatic carbocycles. The second-order valence-corrected chi connectivity index (χ2v) is 17.2. The molecular weight excluding hydrogens is 742 g/mol. The van der Waals surface area contributed by atoms with E-state index in [-0.39, 0.29) is 13.4 Å². The van der Waals surface area contributed by atoms with E-state index in [4.69, 9.17) is 4.74 Å². The van der Waals surface area contributed by atoms with E-state index in [1.807, 2.05) is 0 Å². The standard InChI is InChI=1S/C54H30B2N4O/c1-3-13-31(14-4-1)57-41-21-11-23-43-49(41)55-37-29-38-46(30-45(37)57)58(32-15-5-2-6-16-32)42-22-12-24-44-50(42)56(38)52-48(28-26-36-34-18-8-10-20-40(34)60(44)54(36)52)61-47-27-25-35-33-17-7-9-19-39(33)59(43)53(35)51(47)55/h1-30H. The number of benzene rings is 9. The molecule has 5 aliphatic heterocycles. The van der Waals surface area contributed by atoms with Crippen molar-refractivity contribution in [3.8, 4) is 22.9 Å². The SMILES string of the molecule is c1ccc(N2c3cc4c5cc3B3c6c2cccc6-n2c6ccccc6c6ccc(c3c62)Oc2ccc3c6ccccc6n6c3c2B5c2c(cccc2-6)N4c2ccccc2)cc1. The van der Waals surface area contributed by atoms with Crippen LogP contribution in [0.15, 0.2) is 182 Å². The highest BCUT2D eigenvalue weighted by molar-refractivity contribution is 7.03. The van der Waals surface area contributed by atoms with Gasteiger partial charge in [0.05, 0.1) is 22.1 Å². The highest BCUT2D eigenvalue weighted by Crippen LogP contribution is 2.48. The van der Waals surface area contributed by atoms with Crippen LogP contribution in [0.3, 0.4) is 0 Å². The summed E-state index contributed by atoms with van der Waals surface area (Å²) in [4.78, 5) is 5.04. The molecule has 0 fully saturated rings. The Morgan fingerprint density at radius 3 is 1.26 bits per heavy atom. The predicted molar refractivity (Wildman–Crippen MR) is 254 cm³/mol. The minimum absolute atomic E-state index is 0.0795. The van der Waals surface area contributed by atoms with E-state index in [1.54, 1.807) is 0 Å². The first kappa shape index (κ1) is 31.1. The number of anilines is 6. The topological polar surface area (TPSA) is 25.6 Å². The number of aromatic nitrogens is 2. The van der Waals surface area contributed by atoms with E-state index >= 15 is 0 Å². The average molecular weight is 772 g/mol. The van der Waals surface area contributed by atoms with Gasteiger partial charge >= 0.3 is 0 Å². The third-order valence-electron chi connectivity index (χ3n) is 14.4. The minimum atomic E-state index is -0.0795. The molecule has 2 aromatic heterocycles. The van der Waals surface area contributed by atoms with Crippen LogP contribution in [0.1, 0.15) is 0 Å². The van der Waals surface area contributed by atoms with Crippen molar-refractivity contribution in [2.75, 3.05) is 9.80 Å². The van der Waals surface area contributed by atoms with Gasteiger partial charge in [0.1, 0.15) is 11.5 Å². The number of rotatable bonds is 2. The molecule has 0 atom stereocenters. The maximum Gasteiger partial charge on any atom is 0.257 e. The Balaban J connectivity index is 1.15. The number of hydrogen-bond acceptors (Lipinski definition) is 3. The van der Waals surface area contributed by atoms with Crippen LogP contribution in [0.4, 0.5) is 34.1 Å². The zero-order valence-corrected chi connectivity index (χ0v) is 32.7. The van der Waals surface area contributed by atoms with Gasteiger partial charge in [-0.05, 0) is 124 Å². The zero-order chi connectivity index (χ0) is 39.2. The second kappa shape index (κ2) is 10.6. The molecular formula is C54H30B2N4O. The van der Waals surface area contributed by atoms with Crippen LogP contribution in [-0.2, 0) is 0 Å². The first-order valence-corrected chi connectivity index (χ1v) is 21.3. The number of nitrogens with zero attached hydrogens (tertiary/aromatic N) is 4. The van der Waals surface area contributed by atoms with E-state index in [9.17, 15) is 0 Å². The molecule has 278 valence electrons. The Morgan fingerprint density at radius 2 is 0.770 bits per heavy atom. The lowest BCUT2D eigenvalue weighted by Gasteiger charge is -2.45. The van der Waals surface area contributed by atoms with Gasteiger partial charge in [0.15, 0.2) is 0 Å². The van der Waals surface area contributed by atoms with E-state index in [0.717, 1.165) is 22.9 Å². The molecule has 5 nitrogen and oxygen atoms in total.